The molecule has 1 aromatic rings. The quantitative estimate of drug-likeness (QED) is 0.724. The molecule has 0 unspecified atom stereocenters. The van der Waals surface area contributed by atoms with Crippen LogP contribution in [0.3, 0.4) is 0 Å². The van der Waals surface area contributed by atoms with E-state index in [1.165, 1.54) is 0 Å². The number of nitrogens with zero attached hydrogens (tertiary/aromatic N) is 6. The lowest BCUT2D eigenvalue weighted by Crippen LogP contribution is -2.12. The second kappa shape index (κ2) is 3.24. The molecule has 3 saturated heterocycles. The third-order valence-electron chi connectivity index (χ3n) is 3.95. The molecule has 0 N–H and O–H groups in total. The van der Waals surface area contributed by atoms with Crippen LogP contribution in [0.15, 0.2) is 0 Å². The number of hydrogen-bond donors (Lipinski definition) is 0. The zero-order valence-electron chi connectivity index (χ0n) is 11.0. The van der Waals surface area contributed by atoms with Gasteiger partial charge in [0.15, 0.2) is 0 Å². The largest absolute Gasteiger partial charge is 0.334 e. The first kappa shape index (κ1) is 10.3. The molecule has 1 aromatic heterocycles. The van der Waals surface area contributed by atoms with E-state index in [2.05, 4.69) is 50.4 Å². The summed E-state index contributed by atoms with van der Waals surface area (Å²) in [6.07, 6.45) is 0. The van der Waals surface area contributed by atoms with E-state index in [1.807, 2.05) is 0 Å². The van der Waals surface area contributed by atoms with E-state index < -0.39 is 0 Å². The van der Waals surface area contributed by atoms with E-state index in [4.69, 9.17) is 0 Å². The summed E-state index contributed by atoms with van der Waals surface area (Å²) in [6, 6.07) is 1.73. The summed E-state index contributed by atoms with van der Waals surface area (Å²) in [5, 5.41) is 0. The van der Waals surface area contributed by atoms with Gasteiger partial charge < -0.3 is 14.7 Å². The summed E-state index contributed by atoms with van der Waals surface area (Å²) in [5.41, 5.74) is 0. The Morgan fingerprint density at radius 3 is 1.06 bits per heavy atom. The minimum Gasteiger partial charge on any atom is -0.334 e. The van der Waals surface area contributed by atoms with Crippen LogP contribution in [0.2, 0.25) is 0 Å². The molecule has 0 radical (unpaired) electrons. The summed E-state index contributed by atoms with van der Waals surface area (Å²) < 4.78 is 0. The van der Waals surface area contributed by atoms with Crippen molar-refractivity contribution >= 4 is 17.8 Å². The third kappa shape index (κ3) is 1.59. The zero-order valence-corrected chi connectivity index (χ0v) is 11.0. The first-order valence-electron chi connectivity index (χ1n) is 6.69. The van der Waals surface area contributed by atoms with Crippen molar-refractivity contribution < 1.29 is 0 Å². The minimum atomic E-state index is 0.575. The van der Waals surface area contributed by atoms with Gasteiger partial charge in [-0.3, -0.25) is 0 Å². The van der Waals surface area contributed by atoms with E-state index >= 15 is 0 Å². The SMILES string of the molecule is C[C@@H]1CN1c1nc(N2C[C@@H]2C)nc(N2C[C@@H]2C)n1. The van der Waals surface area contributed by atoms with Gasteiger partial charge in [-0.25, -0.2) is 0 Å². The van der Waals surface area contributed by atoms with Crippen LogP contribution in [-0.2, 0) is 0 Å². The Morgan fingerprint density at radius 1 is 0.667 bits per heavy atom. The van der Waals surface area contributed by atoms with Gasteiger partial charge in [-0.1, -0.05) is 0 Å². The van der Waals surface area contributed by atoms with Crippen molar-refractivity contribution in [1.29, 1.82) is 0 Å². The first-order chi connectivity index (χ1) is 8.63. The normalized spacial score (nSPS) is 32.8. The Balaban J connectivity index is 1.69. The highest BCUT2D eigenvalue weighted by molar-refractivity contribution is 5.55. The van der Waals surface area contributed by atoms with Gasteiger partial charge >= 0.3 is 0 Å². The highest BCUT2D eigenvalue weighted by Crippen LogP contribution is 2.33. The van der Waals surface area contributed by atoms with Crippen molar-refractivity contribution in [1.82, 2.24) is 15.0 Å². The highest BCUT2D eigenvalue weighted by Gasteiger charge is 2.39. The van der Waals surface area contributed by atoms with E-state index in [1.54, 1.807) is 0 Å². The average molecular weight is 246 g/mol. The lowest BCUT2D eigenvalue weighted by atomic mass is 10.6. The fraction of sp³-hybridized carbons (Fsp3) is 0.750. The molecule has 3 atom stereocenters. The van der Waals surface area contributed by atoms with Crippen LogP contribution < -0.4 is 14.7 Å². The Labute approximate surface area is 107 Å². The maximum atomic E-state index is 4.60. The number of anilines is 3. The maximum absolute atomic E-state index is 4.60. The Morgan fingerprint density at radius 2 is 0.889 bits per heavy atom. The molecule has 0 aliphatic carbocycles. The van der Waals surface area contributed by atoms with Crippen molar-refractivity contribution in [2.75, 3.05) is 34.3 Å². The molecule has 0 spiro atoms. The van der Waals surface area contributed by atoms with Gasteiger partial charge in [0.05, 0.1) is 0 Å². The second-order valence-corrected chi connectivity index (χ2v) is 5.74. The molecular weight excluding hydrogens is 228 g/mol. The molecular formula is C12H18N6. The van der Waals surface area contributed by atoms with Crippen molar-refractivity contribution in [3.05, 3.63) is 0 Å². The highest BCUT2D eigenvalue weighted by atomic mass is 15.5. The monoisotopic (exact) mass is 246 g/mol. The fourth-order valence-corrected chi connectivity index (χ4v) is 2.28. The number of aromatic nitrogens is 3. The van der Waals surface area contributed by atoms with Crippen LogP contribution in [0.25, 0.3) is 0 Å². The standard InChI is InChI=1S/C12H18N6/c1-7-4-16(7)10-13-11(17-5-8(17)2)15-12(14-10)18-6-9(18)3/h7-9H,4-6H2,1-3H3/t7-,8-,9+,16?,17?,18?/m0/s1. The van der Waals surface area contributed by atoms with Gasteiger partial charge in [0.1, 0.15) is 0 Å². The van der Waals surface area contributed by atoms with Crippen LogP contribution in [0.4, 0.5) is 17.8 Å². The van der Waals surface area contributed by atoms with E-state index in [0.717, 1.165) is 37.5 Å². The molecule has 4 rings (SSSR count). The average Bonchev–Trinajstić information content (AvgIpc) is 3.21. The summed E-state index contributed by atoms with van der Waals surface area (Å²) >= 11 is 0. The Hall–Kier alpha value is -1.59. The van der Waals surface area contributed by atoms with E-state index in [0.29, 0.717) is 18.1 Å². The van der Waals surface area contributed by atoms with Crippen LogP contribution in [-0.4, -0.2) is 52.7 Å². The van der Waals surface area contributed by atoms with Crippen molar-refractivity contribution in [3.63, 3.8) is 0 Å². The first-order valence-corrected chi connectivity index (χ1v) is 6.69. The molecule has 3 fully saturated rings. The van der Waals surface area contributed by atoms with Crippen LogP contribution in [0.5, 0.6) is 0 Å². The van der Waals surface area contributed by atoms with E-state index in [-0.39, 0.29) is 0 Å². The second-order valence-electron chi connectivity index (χ2n) is 5.74. The zero-order chi connectivity index (χ0) is 12.4. The lowest BCUT2D eigenvalue weighted by Gasteiger charge is -2.10. The molecule has 6 heteroatoms. The third-order valence-corrected chi connectivity index (χ3v) is 3.95. The molecule has 0 bridgehead atoms. The summed E-state index contributed by atoms with van der Waals surface area (Å²) in [6.45, 7) is 9.78. The fourth-order valence-electron chi connectivity index (χ4n) is 2.28. The predicted molar refractivity (Wildman–Crippen MR) is 70.3 cm³/mol. The molecule has 0 amide bonds. The van der Waals surface area contributed by atoms with Gasteiger partial charge in [0.25, 0.3) is 0 Å². The molecule has 0 saturated carbocycles. The molecule has 3 aliphatic rings. The molecule has 0 aromatic carbocycles. The van der Waals surface area contributed by atoms with Gasteiger partial charge in [-0.05, 0) is 20.8 Å². The predicted octanol–water partition coefficient (Wildman–Crippen LogP) is 0.497. The summed E-state index contributed by atoms with van der Waals surface area (Å²) in [5.74, 6) is 2.54. The van der Waals surface area contributed by atoms with Gasteiger partial charge in [-0.15, -0.1) is 0 Å². The molecule has 3 aliphatic heterocycles. The van der Waals surface area contributed by atoms with Crippen molar-refractivity contribution in [3.8, 4) is 0 Å². The van der Waals surface area contributed by atoms with E-state index in [9.17, 15) is 0 Å². The lowest BCUT2D eigenvalue weighted by molar-refractivity contribution is 0.943. The molecule has 6 nitrogen and oxygen atoms in total. The summed E-state index contributed by atoms with van der Waals surface area (Å²) in [7, 11) is 0. The smallest absolute Gasteiger partial charge is 0.232 e. The minimum absolute atomic E-state index is 0.575. The Kier molecular flexibility index (Phi) is 1.86. The topological polar surface area (TPSA) is 47.7 Å². The van der Waals surface area contributed by atoms with Crippen molar-refractivity contribution in [2.45, 2.75) is 38.9 Å². The van der Waals surface area contributed by atoms with Crippen LogP contribution >= 0.6 is 0 Å². The van der Waals surface area contributed by atoms with Gasteiger partial charge in [0, 0.05) is 37.8 Å². The maximum Gasteiger partial charge on any atom is 0.232 e. The summed E-state index contributed by atoms with van der Waals surface area (Å²) in [4.78, 5) is 20.4. The van der Waals surface area contributed by atoms with Gasteiger partial charge in [-0.2, -0.15) is 15.0 Å². The molecule has 18 heavy (non-hydrogen) atoms. The number of hydrogen-bond acceptors (Lipinski definition) is 6. The van der Waals surface area contributed by atoms with Crippen LogP contribution in [0, 0.1) is 0 Å². The van der Waals surface area contributed by atoms with Gasteiger partial charge in [0.2, 0.25) is 17.8 Å². The number of rotatable bonds is 3. The van der Waals surface area contributed by atoms with Crippen molar-refractivity contribution in [2.24, 2.45) is 0 Å². The van der Waals surface area contributed by atoms with Crippen LogP contribution in [0.1, 0.15) is 20.8 Å². The molecule has 96 valence electrons. The Bertz CT molecular complexity index is 420. The molecule has 4 heterocycles.